The maximum Gasteiger partial charge on any atom is 0.221 e. The van der Waals surface area contributed by atoms with Gasteiger partial charge in [-0.3, -0.25) is 9.78 Å². The Morgan fingerprint density at radius 3 is 2.61 bits per heavy atom. The maximum absolute atomic E-state index is 12.9. The van der Waals surface area contributed by atoms with Crippen LogP contribution in [0.4, 0.5) is 0 Å². The number of fused-ring (bicyclic) bond motifs is 1. The predicted octanol–water partition coefficient (Wildman–Crippen LogP) is 5.86. The summed E-state index contributed by atoms with van der Waals surface area (Å²) in [6, 6.07) is 20.6. The summed E-state index contributed by atoms with van der Waals surface area (Å²) in [6.45, 7) is 0. The molecule has 2 atom stereocenters. The number of hydrogen-bond acceptors (Lipinski definition) is 4. The molecule has 2 aromatic carbocycles. The zero-order chi connectivity index (χ0) is 20.5. The second-order valence-corrected chi connectivity index (χ2v) is 7.83. The average Bonchev–Trinajstić information content (AvgIpc) is 3.60. The molecule has 0 radical (unpaired) electrons. The van der Waals surface area contributed by atoms with E-state index in [1.54, 1.807) is 19.5 Å². The number of hydrogen-bond donors (Lipinski definition) is 0. The molecule has 0 bridgehead atoms. The average molecular weight is 411 g/mol. The Balaban J connectivity index is 0.00000231. The molecule has 2 heterocycles. The van der Waals surface area contributed by atoms with Gasteiger partial charge in [0.15, 0.2) is 0 Å². The fourth-order valence-corrected chi connectivity index (χ4v) is 4.18. The lowest BCUT2D eigenvalue weighted by Crippen LogP contribution is -2.06. The third kappa shape index (κ3) is 4.19. The van der Waals surface area contributed by atoms with Gasteiger partial charge in [0.05, 0.1) is 7.11 Å². The van der Waals surface area contributed by atoms with Crippen LogP contribution in [-0.4, -0.2) is 22.9 Å². The van der Waals surface area contributed by atoms with Crippen LogP contribution in [-0.2, 0) is 11.2 Å². The summed E-state index contributed by atoms with van der Waals surface area (Å²) >= 11 is 0. The highest BCUT2D eigenvalue weighted by atomic mass is 16.5. The van der Waals surface area contributed by atoms with Crippen LogP contribution in [0, 0.1) is 5.92 Å². The van der Waals surface area contributed by atoms with Crippen molar-refractivity contribution in [3.63, 3.8) is 0 Å². The van der Waals surface area contributed by atoms with Crippen molar-refractivity contribution < 1.29 is 9.53 Å². The van der Waals surface area contributed by atoms with Crippen LogP contribution in [0.1, 0.15) is 30.9 Å². The molecule has 0 unspecified atom stereocenters. The lowest BCUT2D eigenvalue weighted by molar-refractivity contribution is -0.119. The van der Waals surface area contributed by atoms with Crippen molar-refractivity contribution in [1.82, 2.24) is 9.97 Å². The largest absolute Gasteiger partial charge is 0.481 e. The second-order valence-electron chi connectivity index (χ2n) is 7.83. The summed E-state index contributed by atoms with van der Waals surface area (Å²) in [5.74, 6) is 1.39. The van der Waals surface area contributed by atoms with Crippen LogP contribution in [0.15, 0.2) is 79.3 Å². The van der Waals surface area contributed by atoms with E-state index in [0.29, 0.717) is 24.0 Å². The minimum atomic E-state index is 0. The summed E-state index contributed by atoms with van der Waals surface area (Å²) in [6.07, 6.45) is 6.79. The van der Waals surface area contributed by atoms with Gasteiger partial charge >= 0.3 is 0 Å². The molecule has 4 nitrogen and oxygen atoms in total. The minimum Gasteiger partial charge on any atom is -0.481 e. The van der Waals surface area contributed by atoms with Crippen molar-refractivity contribution in [3.05, 3.63) is 90.4 Å². The molecule has 1 fully saturated rings. The minimum absolute atomic E-state index is 0. The van der Waals surface area contributed by atoms with E-state index in [0.717, 1.165) is 33.9 Å². The Hall–Kier alpha value is -3.53. The van der Waals surface area contributed by atoms with Gasteiger partial charge < -0.3 is 4.74 Å². The van der Waals surface area contributed by atoms with Gasteiger partial charge in [-0.2, -0.15) is 0 Å². The van der Waals surface area contributed by atoms with E-state index < -0.39 is 0 Å². The van der Waals surface area contributed by atoms with Crippen LogP contribution < -0.4 is 4.74 Å². The summed E-state index contributed by atoms with van der Waals surface area (Å²) in [4.78, 5) is 21.3. The number of methoxy groups -OCH3 is 1. The van der Waals surface area contributed by atoms with Crippen molar-refractivity contribution in [3.8, 4) is 17.0 Å². The number of benzene rings is 2. The summed E-state index contributed by atoms with van der Waals surface area (Å²) in [5, 5.41) is 2.01. The first kappa shape index (κ1) is 20.7. The third-order valence-corrected chi connectivity index (χ3v) is 5.90. The summed E-state index contributed by atoms with van der Waals surface area (Å²) in [5.41, 5.74) is 4.54. The Morgan fingerprint density at radius 1 is 1.03 bits per heavy atom. The Kier molecular flexibility index (Phi) is 5.81. The quantitative estimate of drug-likeness (QED) is 0.400. The van der Waals surface area contributed by atoms with Crippen molar-refractivity contribution in [1.29, 1.82) is 0 Å². The highest BCUT2D eigenvalue weighted by Crippen LogP contribution is 2.48. The van der Waals surface area contributed by atoms with Crippen LogP contribution in [0.5, 0.6) is 5.88 Å². The molecule has 5 rings (SSSR count). The number of aromatic nitrogens is 2. The van der Waals surface area contributed by atoms with E-state index in [4.69, 9.17) is 4.74 Å². The van der Waals surface area contributed by atoms with E-state index in [1.807, 2.05) is 30.5 Å². The Bertz CT molecular complexity index is 1200. The zero-order valence-corrected chi connectivity index (χ0v) is 16.8. The number of rotatable bonds is 6. The van der Waals surface area contributed by atoms with Gasteiger partial charge in [-0.15, -0.1) is 0 Å². The highest BCUT2D eigenvalue weighted by molar-refractivity contribution is 5.90. The molecule has 0 spiro atoms. The number of carbonyl (C=O) groups excluding carboxylic acids is 1. The van der Waals surface area contributed by atoms with E-state index in [-0.39, 0.29) is 13.3 Å². The first-order chi connectivity index (χ1) is 14.7. The van der Waals surface area contributed by atoms with Gasteiger partial charge in [-0.05, 0) is 58.2 Å². The lowest BCUT2D eigenvalue weighted by Gasteiger charge is -2.07. The van der Waals surface area contributed by atoms with Gasteiger partial charge in [0.2, 0.25) is 5.88 Å². The fourth-order valence-electron chi connectivity index (χ4n) is 4.18. The molecule has 4 heteroatoms. The number of ether oxygens (including phenoxy) is 1. The van der Waals surface area contributed by atoms with Gasteiger partial charge in [0, 0.05) is 36.3 Å². The molecule has 0 aliphatic heterocycles. The first-order valence-electron chi connectivity index (χ1n) is 10.2. The smallest absolute Gasteiger partial charge is 0.221 e. The standard InChI is InChI=1S/C26H22N2O2.CH4/c1-30-26-22-9-4-17(13-20(22)10-12-28-26)14-25(29)24-15-23(24)19-7-5-18(6-8-19)21-3-2-11-27-16-21;/h2-13,16,23-24H,14-15H2,1H3;1H4/t23-,24+;/m0./s1. The van der Waals surface area contributed by atoms with E-state index in [2.05, 4.69) is 46.4 Å². The lowest BCUT2D eigenvalue weighted by atomic mass is 9.99. The molecule has 1 saturated carbocycles. The van der Waals surface area contributed by atoms with Gasteiger partial charge in [0.1, 0.15) is 5.78 Å². The normalized spacial score (nSPS) is 17.1. The Morgan fingerprint density at radius 2 is 1.87 bits per heavy atom. The molecule has 4 aromatic rings. The molecule has 0 amide bonds. The molecule has 156 valence electrons. The van der Waals surface area contributed by atoms with E-state index in [1.165, 1.54) is 5.56 Å². The molecular weight excluding hydrogens is 384 g/mol. The topological polar surface area (TPSA) is 52.1 Å². The molecule has 1 aliphatic rings. The van der Waals surface area contributed by atoms with Crippen molar-refractivity contribution in [2.45, 2.75) is 26.2 Å². The van der Waals surface area contributed by atoms with Crippen LogP contribution in [0.3, 0.4) is 0 Å². The van der Waals surface area contributed by atoms with Crippen molar-refractivity contribution in [2.75, 3.05) is 7.11 Å². The third-order valence-electron chi connectivity index (χ3n) is 5.90. The monoisotopic (exact) mass is 410 g/mol. The maximum atomic E-state index is 12.9. The summed E-state index contributed by atoms with van der Waals surface area (Å²) in [7, 11) is 1.62. The Labute approximate surface area is 182 Å². The van der Waals surface area contributed by atoms with E-state index in [9.17, 15) is 4.79 Å². The fraction of sp³-hybridized carbons (Fsp3) is 0.222. The van der Waals surface area contributed by atoms with Crippen LogP contribution in [0.2, 0.25) is 0 Å². The molecule has 1 aliphatic carbocycles. The number of nitrogens with zero attached hydrogens (tertiary/aromatic N) is 2. The van der Waals surface area contributed by atoms with Gasteiger partial charge in [0.25, 0.3) is 0 Å². The van der Waals surface area contributed by atoms with Crippen LogP contribution in [0.25, 0.3) is 21.9 Å². The molecule has 0 N–H and O–H groups in total. The molecular formula is C27H26N2O2. The first-order valence-corrected chi connectivity index (χ1v) is 10.2. The van der Waals surface area contributed by atoms with Crippen molar-refractivity contribution >= 4 is 16.6 Å². The highest BCUT2D eigenvalue weighted by Gasteiger charge is 2.43. The number of pyridine rings is 2. The van der Waals surface area contributed by atoms with Crippen molar-refractivity contribution in [2.24, 2.45) is 5.92 Å². The molecule has 0 saturated heterocycles. The summed E-state index contributed by atoms with van der Waals surface area (Å²) < 4.78 is 5.31. The number of ketones is 1. The number of carbonyl (C=O) groups is 1. The van der Waals surface area contributed by atoms with Gasteiger partial charge in [-0.1, -0.05) is 49.9 Å². The molecule has 2 aromatic heterocycles. The predicted molar refractivity (Wildman–Crippen MR) is 124 cm³/mol. The van der Waals surface area contributed by atoms with Crippen LogP contribution >= 0.6 is 0 Å². The van der Waals surface area contributed by atoms with E-state index >= 15 is 0 Å². The zero-order valence-electron chi connectivity index (χ0n) is 16.8. The SMILES string of the molecule is C.COc1nccc2cc(CC(=O)[C@@H]3C[C@H]3c3ccc(-c4cccnc4)cc3)ccc12. The molecule has 31 heavy (non-hydrogen) atoms. The second kappa shape index (κ2) is 8.68. The number of Topliss-reactive ketones (excluding diaryl/α,β-unsaturated/α-hetero) is 1. The van der Waals surface area contributed by atoms with Gasteiger partial charge in [-0.25, -0.2) is 4.98 Å².